The summed E-state index contributed by atoms with van der Waals surface area (Å²) in [4.78, 5) is 11.7. The fourth-order valence-electron chi connectivity index (χ4n) is 0.953. The molecule has 0 aliphatic rings. The van der Waals surface area contributed by atoms with E-state index in [-0.39, 0.29) is 12.5 Å². The highest BCUT2D eigenvalue weighted by atomic mass is 16.3. The lowest BCUT2D eigenvalue weighted by atomic mass is 9.95. The van der Waals surface area contributed by atoms with Crippen LogP contribution in [0.3, 0.4) is 0 Å². The van der Waals surface area contributed by atoms with Crippen molar-refractivity contribution >= 4 is 5.91 Å². The lowest BCUT2D eigenvalue weighted by Gasteiger charge is -2.31. The molecule has 0 fully saturated rings. The maximum Gasteiger partial charge on any atom is 0.240 e. The average Bonchev–Trinajstić information content (AvgIpc) is 2.03. The van der Waals surface area contributed by atoms with Crippen molar-refractivity contribution in [2.24, 2.45) is 5.73 Å². The van der Waals surface area contributed by atoms with Gasteiger partial charge in [0.15, 0.2) is 0 Å². The Bertz CT molecular complexity index is 200. The molecule has 0 saturated heterocycles. The number of aliphatic hydroxyl groups is 1. The fraction of sp³-hybridized carbons (Fsp3) is 0.900. The van der Waals surface area contributed by atoms with E-state index in [1.807, 2.05) is 20.8 Å². The number of rotatable bonds is 5. The van der Waals surface area contributed by atoms with E-state index in [0.717, 1.165) is 0 Å². The predicted molar refractivity (Wildman–Crippen MR) is 56.8 cm³/mol. The molecule has 0 aromatic heterocycles. The first kappa shape index (κ1) is 13.4. The van der Waals surface area contributed by atoms with Gasteiger partial charge < -0.3 is 16.2 Å². The third-order valence-electron chi connectivity index (χ3n) is 2.44. The van der Waals surface area contributed by atoms with Crippen molar-refractivity contribution in [3.8, 4) is 0 Å². The largest absolute Gasteiger partial charge is 0.396 e. The summed E-state index contributed by atoms with van der Waals surface area (Å²) in [6, 6.07) is 0. The van der Waals surface area contributed by atoms with E-state index in [1.165, 1.54) is 0 Å². The van der Waals surface area contributed by atoms with Gasteiger partial charge in [0.1, 0.15) is 0 Å². The molecule has 14 heavy (non-hydrogen) atoms. The van der Waals surface area contributed by atoms with Crippen LogP contribution in [0, 0.1) is 0 Å². The number of hydrogen-bond acceptors (Lipinski definition) is 3. The molecule has 0 saturated carbocycles. The molecule has 0 rings (SSSR count). The molecule has 4 N–H and O–H groups in total. The first-order chi connectivity index (χ1) is 6.25. The van der Waals surface area contributed by atoms with Crippen LogP contribution in [0.5, 0.6) is 0 Å². The molecule has 0 spiro atoms. The summed E-state index contributed by atoms with van der Waals surface area (Å²) >= 11 is 0. The first-order valence-corrected chi connectivity index (χ1v) is 4.97. The molecule has 4 nitrogen and oxygen atoms in total. The number of amides is 1. The zero-order valence-corrected chi connectivity index (χ0v) is 9.55. The van der Waals surface area contributed by atoms with Gasteiger partial charge in [-0.1, -0.05) is 6.92 Å². The zero-order chi connectivity index (χ0) is 11.4. The van der Waals surface area contributed by atoms with Gasteiger partial charge in [-0.2, -0.15) is 0 Å². The highest BCUT2D eigenvalue weighted by Crippen LogP contribution is 2.11. The summed E-state index contributed by atoms with van der Waals surface area (Å²) < 4.78 is 0. The van der Waals surface area contributed by atoms with Crippen LogP contribution in [-0.4, -0.2) is 28.7 Å². The molecule has 4 heteroatoms. The monoisotopic (exact) mass is 202 g/mol. The summed E-state index contributed by atoms with van der Waals surface area (Å²) in [5.74, 6) is -0.168. The van der Waals surface area contributed by atoms with Crippen LogP contribution in [-0.2, 0) is 4.79 Å². The fourth-order valence-corrected chi connectivity index (χ4v) is 0.953. The van der Waals surface area contributed by atoms with Crippen LogP contribution >= 0.6 is 0 Å². The van der Waals surface area contributed by atoms with Gasteiger partial charge in [-0.05, 0) is 33.6 Å². The topological polar surface area (TPSA) is 75.4 Å². The van der Waals surface area contributed by atoms with Crippen LogP contribution < -0.4 is 11.1 Å². The number of carbonyl (C=O) groups excluding carboxylic acids is 1. The van der Waals surface area contributed by atoms with E-state index < -0.39 is 11.1 Å². The van der Waals surface area contributed by atoms with Gasteiger partial charge in [-0.25, -0.2) is 0 Å². The van der Waals surface area contributed by atoms with Crippen molar-refractivity contribution in [3.05, 3.63) is 0 Å². The SMILES string of the molecule is CCC(C)(N)C(=O)NC(C)(C)CCO. The second-order valence-corrected chi connectivity index (χ2v) is 4.58. The minimum absolute atomic E-state index is 0.0562. The molecule has 0 aromatic carbocycles. The van der Waals surface area contributed by atoms with E-state index in [4.69, 9.17) is 10.8 Å². The zero-order valence-electron chi connectivity index (χ0n) is 9.55. The molecule has 1 atom stereocenters. The lowest BCUT2D eigenvalue weighted by molar-refractivity contribution is -0.127. The summed E-state index contributed by atoms with van der Waals surface area (Å²) in [6.07, 6.45) is 1.12. The molecule has 1 unspecified atom stereocenters. The molecule has 0 heterocycles. The summed E-state index contributed by atoms with van der Waals surface area (Å²) in [6.45, 7) is 7.37. The molecule has 0 aliphatic carbocycles. The van der Waals surface area contributed by atoms with Gasteiger partial charge in [0, 0.05) is 12.1 Å². The van der Waals surface area contributed by atoms with E-state index in [0.29, 0.717) is 12.8 Å². The van der Waals surface area contributed by atoms with Gasteiger partial charge in [0.2, 0.25) is 5.91 Å². The molecular weight excluding hydrogens is 180 g/mol. The van der Waals surface area contributed by atoms with E-state index in [9.17, 15) is 4.79 Å². The number of nitrogens with one attached hydrogen (secondary N) is 1. The Balaban J connectivity index is 4.31. The number of nitrogens with two attached hydrogens (primary N) is 1. The quantitative estimate of drug-likeness (QED) is 0.603. The van der Waals surface area contributed by atoms with E-state index in [1.54, 1.807) is 6.92 Å². The smallest absolute Gasteiger partial charge is 0.240 e. The summed E-state index contributed by atoms with van der Waals surface area (Å²) in [7, 11) is 0. The Hall–Kier alpha value is -0.610. The van der Waals surface area contributed by atoms with Crippen LogP contribution in [0.2, 0.25) is 0 Å². The maximum absolute atomic E-state index is 11.7. The maximum atomic E-state index is 11.7. The predicted octanol–water partition coefficient (Wildman–Crippen LogP) is 0.391. The van der Waals surface area contributed by atoms with Crippen LogP contribution in [0.4, 0.5) is 0 Å². The summed E-state index contributed by atoms with van der Waals surface area (Å²) in [5, 5.41) is 11.6. The molecule has 84 valence electrons. The Morgan fingerprint density at radius 3 is 2.29 bits per heavy atom. The second-order valence-electron chi connectivity index (χ2n) is 4.58. The Labute approximate surface area is 85.9 Å². The normalized spacial score (nSPS) is 16.1. The standard InChI is InChI=1S/C10H22N2O2/c1-5-10(4,11)8(14)12-9(2,3)6-7-13/h13H,5-7,11H2,1-4H3,(H,12,14). The molecule has 0 aliphatic heterocycles. The lowest BCUT2D eigenvalue weighted by Crippen LogP contribution is -2.57. The van der Waals surface area contributed by atoms with Crippen LogP contribution in [0.1, 0.15) is 40.5 Å². The molecule has 0 aromatic rings. The minimum atomic E-state index is -0.827. The third-order valence-corrected chi connectivity index (χ3v) is 2.44. The van der Waals surface area contributed by atoms with Crippen molar-refractivity contribution in [2.75, 3.05) is 6.61 Å². The number of aliphatic hydroxyl groups excluding tert-OH is 1. The average molecular weight is 202 g/mol. The van der Waals surface area contributed by atoms with Gasteiger partial charge >= 0.3 is 0 Å². The molecule has 0 radical (unpaired) electrons. The van der Waals surface area contributed by atoms with Crippen molar-refractivity contribution in [1.29, 1.82) is 0 Å². The molecular formula is C10H22N2O2. The van der Waals surface area contributed by atoms with Gasteiger partial charge in [-0.15, -0.1) is 0 Å². The van der Waals surface area contributed by atoms with Gasteiger partial charge in [0.05, 0.1) is 5.54 Å². The van der Waals surface area contributed by atoms with Gasteiger partial charge in [-0.3, -0.25) is 4.79 Å². The Morgan fingerprint density at radius 2 is 1.93 bits per heavy atom. The van der Waals surface area contributed by atoms with Crippen molar-refractivity contribution in [3.63, 3.8) is 0 Å². The minimum Gasteiger partial charge on any atom is -0.396 e. The van der Waals surface area contributed by atoms with Crippen molar-refractivity contribution in [1.82, 2.24) is 5.32 Å². The van der Waals surface area contributed by atoms with E-state index in [2.05, 4.69) is 5.32 Å². The van der Waals surface area contributed by atoms with Crippen LogP contribution in [0.25, 0.3) is 0 Å². The second kappa shape index (κ2) is 4.75. The van der Waals surface area contributed by atoms with Crippen molar-refractivity contribution < 1.29 is 9.90 Å². The Morgan fingerprint density at radius 1 is 1.43 bits per heavy atom. The summed E-state index contributed by atoms with van der Waals surface area (Å²) in [5.41, 5.74) is 4.56. The number of hydrogen-bond donors (Lipinski definition) is 3. The molecule has 0 bridgehead atoms. The first-order valence-electron chi connectivity index (χ1n) is 4.97. The van der Waals surface area contributed by atoms with Gasteiger partial charge in [0.25, 0.3) is 0 Å². The molecule has 1 amide bonds. The van der Waals surface area contributed by atoms with Crippen molar-refractivity contribution in [2.45, 2.75) is 51.6 Å². The van der Waals surface area contributed by atoms with Crippen LogP contribution in [0.15, 0.2) is 0 Å². The highest BCUT2D eigenvalue weighted by Gasteiger charge is 2.30. The van der Waals surface area contributed by atoms with E-state index >= 15 is 0 Å². The Kier molecular flexibility index (Phi) is 4.55. The number of carbonyl (C=O) groups is 1. The third kappa shape index (κ3) is 4.07. The highest BCUT2D eigenvalue weighted by molar-refractivity contribution is 5.86.